The Morgan fingerprint density at radius 3 is 2.65 bits per heavy atom. The van der Waals surface area contributed by atoms with Crippen molar-refractivity contribution >= 4 is 11.9 Å². The van der Waals surface area contributed by atoms with Crippen LogP contribution in [0.1, 0.15) is 35.2 Å². The van der Waals surface area contributed by atoms with Crippen LogP contribution in [0, 0.1) is 6.92 Å². The van der Waals surface area contributed by atoms with Gasteiger partial charge in [0, 0.05) is 38.7 Å². The van der Waals surface area contributed by atoms with E-state index < -0.39 is 5.97 Å². The number of hydrogen-bond acceptors (Lipinski definition) is 4. The molecular weight excluding hydrogens is 260 g/mol. The van der Waals surface area contributed by atoms with Gasteiger partial charge >= 0.3 is 5.97 Å². The highest BCUT2D eigenvalue weighted by molar-refractivity contribution is 5.86. The van der Waals surface area contributed by atoms with Gasteiger partial charge in [0.25, 0.3) is 0 Å². The molecule has 1 N–H and O–H groups in total. The number of rotatable bonds is 3. The van der Waals surface area contributed by atoms with Crippen LogP contribution in [0.3, 0.4) is 0 Å². The van der Waals surface area contributed by atoms with E-state index in [1.165, 1.54) is 0 Å². The molecule has 1 aliphatic rings. The molecule has 0 aliphatic carbocycles. The summed E-state index contributed by atoms with van der Waals surface area (Å²) in [5.41, 5.74) is 0.646. The lowest BCUT2D eigenvalue weighted by Crippen LogP contribution is -2.33. The summed E-state index contributed by atoms with van der Waals surface area (Å²) in [7, 11) is 0. The Balaban J connectivity index is 1.98. The maximum atomic E-state index is 11.4. The van der Waals surface area contributed by atoms with Crippen molar-refractivity contribution in [3.8, 4) is 0 Å². The first kappa shape index (κ1) is 14.6. The third-order valence-corrected chi connectivity index (χ3v) is 3.58. The summed E-state index contributed by atoms with van der Waals surface area (Å²) in [6.07, 6.45) is 0.922. The summed E-state index contributed by atoms with van der Waals surface area (Å²) in [5.74, 6) is -0.252. The minimum atomic E-state index is -1.03. The average Bonchev–Trinajstić information content (AvgIpc) is 2.59. The van der Waals surface area contributed by atoms with E-state index in [4.69, 9.17) is 9.52 Å². The Hall–Kier alpha value is -1.82. The zero-order valence-electron chi connectivity index (χ0n) is 11.9. The van der Waals surface area contributed by atoms with Gasteiger partial charge in [-0.25, -0.2) is 4.79 Å². The number of nitrogens with zero attached hydrogens (tertiary/aromatic N) is 2. The Labute approximate surface area is 118 Å². The molecule has 2 heterocycles. The van der Waals surface area contributed by atoms with Gasteiger partial charge in [0.15, 0.2) is 0 Å². The van der Waals surface area contributed by atoms with Crippen LogP contribution in [0.5, 0.6) is 0 Å². The van der Waals surface area contributed by atoms with Gasteiger partial charge in [-0.2, -0.15) is 0 Å². The number of aryl methyl sites for hydroxylation is 1. The largest absolute Gasteiger partial charge is 0.475 e. The lowest BCUT2D eigenvalue weighted by Gasteiger charge is -2.20. The normalized spacial score (nSPS) is 17.0. The highest BCUT2D eigenvalue weighted by Gasteiger charge is 2.19. The Morgan fingerprint density at radius 1 is 1.30 bits per heavy atom. The van der Waals surface area contributed by atoms with Gasteiger partial charge in [0.1, 0.15) is 5.76 Å². The topological polar surface area (TPSA) is 74.0 Å². The van der Waals surface area contributed by atoms with Gasteiger partial charge in [-0.1, -0.05) is 0 Å². The molecule has 0 aromatic carbocycles. The standard InChI is InChI=1S/C14H20N2O4/c1-10-8-12(20-13(10)14(18)19)9-15-4-3-5-16(7-6-15)11(2)17/h8H,3-7,9H2,1-2H3,(H,18,19). The molecule has 0 spiro atoms. The Bertz CT molecular complexity index is 509. The van der Waals surface area contributed by atoms with Crippen LogP contribution in [-0.2, 0) is 11.3 Å². The summed E-state index contributed by atoms with van der Waals surface area (Å²) < 4.78 is 5.37. The molecular formula is C14H20N2O4. The number of carbonyl (C=O) groups excluding carboxylic acids is 1. The molecule has 1 aromatic rings. The third kappa shape index (κ3) is 3.39. The second-order valence-electron chi connectivity index (χ2n) is 5.17. The maximum absolute atomic E-state index is 11.4. The van der Waals surface area contributed by atoms with E-state index in [0.29, 0.717) is 24.4 Å². The Kier molecular flexibility index (Phi) is 4.44. The van der Waals surface area contributed by atoms with Gasteiger partial charge in [-0.15, -0.1) is 0 Å². The van der Waals surface area contributed by atoms with Crippen LogP contribution in [0.4, 0.5) is 0 Å². The zero-order valence-corrected chi connectivity index (χ0v) is 11.9. The molecule has 1 amide bonds. The number of carboxylic acid groups (broad SMARTS) is 1. The summed E-state index contributed by atoms with van der Waals surface area (Å²) in [5, 5.41) is 8.97. The van der Waals surface area contributed by atoms with Gasteiger partial charge < -0.3 is 14.4 Å². The molecule has 0 unspecified atom stereocenters. The second kappa shape index (κ2) is 6.09. The molecule has 0 saturated carbocycles. The van der Waals surface area contributed by atoms with Crippen molar-refractivity contribution in [2.75, 3.05) is 26.2 Å². The molecule has 1 aromatic heterocycles. The molecule has 0 atom stereocenters. The predicted octanol–water partition coefficient (Wildman–Crippen LogP) is 1.34. The molecule has 1 saturated heterocycles. The summed E-state index contributed by atoms with van der Waals surface area (Å²) >= 11 is 0. The quantitative estimate of drug-likeness (QED) is 0.904. The van der Waals surface area contributed by atoms with Crippen LogP contribution < -0.4 is 0 Å². The lowest BCUT2D eigenvalue weighted by molar-refractivity contribution is -0.128. The van der Waals surface area contributed by atoms with E-state index in [-0.39, 0.29) is 11.7 Å². The molecule has 1 fully saturated rings. The molecule has 20 heavy (non-hydrogen) atoms. The van der Waals surface area contributed by atoms with Gasteiger partial charge in [0.05, 0.1) is 6.54 Å². The molecule has 6 nitrogen and oxygen atoms in total. The molecule has 0 radical (unpaired) electrons. The number of furan rings is 1. The zero-order chi connectivity index (χ0) is 14.7. The van der Waals surface area contributed by atoms with Crippen molar-refractivity contribution in [2.24, 2.45) is 0 Å². The minimum absolute atomic E-state index is 0.0141. The molecule has 0 bridgehead atoms. The number of amides is 1. The first-order chi connectivity index (χ1) is 9.47. The predicted molar refractivity (Wildman–Crippen MR) is 72.6 cm³/mol. The summed E-state index contributed by atoms with van der Waals surface area (Å²) in [6, 6.07) is 1.77. The monoisotopic (exact) mass is 280 g/mol. The smallest absolute Gasteiger partial charge is 0.372 e. The van der Waals surface area contributed by atoms with E-state index >= 15 is 0 Å². The Morgan fingerprint density at radius 2 is 2.05 bits per heavy atom. The van der Waals surface area contributed by atoms with Gasteiger partial charge in [0.2, 0.25) is 11.7 Å². The van der Waals surface area contributed by atoms with E-state index in [2.05, 4.69) is 4.90 Å². The second-order valence-corrected chi connectivity index (χ2v) is 5.17. The van der Waals surface area contributed by atoms with E-state index in [1.807, 2.05) is 4.90 Å². The van der Waals surface area contributed by atoms with E-state index in [9.17, 15) is 9.59 Å². The summed E-state index contributed by atoms with van der Waals surface area (Å²) in [6.45, 7) is 7.05. The van der Waals surface area contributed by atoms with E-state index in [0.717, 1.165) is 26.1 Å². The fourth-order valence-electron chi connectivity index (χ4n) is 2.50. The maximum Gasteiger partial charge on any atom is 0.372 e. The number of carbonyl (C=O) groups is 2. The molecule has 1 aliphatic heterocycles. The van der Waals surface area contributed by atoms with Gasteiger partial charge in [-0.3, -0.25) is 9.69 Å². The molecule has 110 valence electrons. The highest BCUT2D eigenvalue weighted by Crippen LogP contribution is 2.17. The third-order valence-electron chi connectivity index (χ3n) is 3.58. The number of carboxylic acids is 1. The first-order valence-electron chi connectivity index (χ1n) is 6.78. The summed E-state index contributed by atoms with van der Waals surface area (Å²) in [4.78, 5) is 26.3. The number of hydrogen-bond donors (Lipinski definition) is 1. The molecule has 2 rings (SSSR count). The van der Waals surface area contributed by atoms with Crippen LogP contribution >= 0.6 is 0 Å². The minimum Gasteiger partial charge on any atom is -0.475 e. The van der Waals surface area contributed by atoms with Crippen molar-refractivity contribution in [3.63, 3.8) is 0 Å². The first-order valence-corrected chi connectivity index (χ1v) is 6.78. The van der Waals surface area contributed by atoms with Crippen LogP contribution in [0.2, 0.25) is 0 Å². The van der Waals surface area contributed by atoms with Gasteiger partial charge in [-0.05, 0) is 19.4 Å². The highest BCUT2D eigenvalue weighted by atomic mass is 16.4. The lowest BCUT2D eigenvalue weighted by atomic mass is 10.2. The van der Waals surface area contributed by atoms with Crippen molar-refractivity contribution in [1.82, 2.24) is 9.80 Å². The van der Waals surface area contributed by atoms with Crippen molar-refractivity contribution in [2.45, 2.75) is 26.8 Å². The fourth-order valence-corrected chi connectivity index (χ4v) is 2.50. The van der Waals surface area contributed by atoms with Crippen LogP contribution in [0.25, 0.3) is 0 Å². The van der Waals surface area contributed by atoms with Crippen molar-refractivity contribution < 1.29 is 19.1 Å². The number of aromatic carboxylic acids is 1. The van der Waals surface area contributed by atoms with Crippen LogP contribution in [0.15, 0.2) is 10.5 Å². The molecule has 6 heteroatoms. The van der Waals surface area contributed by atoms with Crippen LogP contribution in [-0.4, -0.2) is 53.0 Å². The average molecular weight is 280 g/mol. The van der Waals surface area contributed by atoms with Crippen molar-refractivity contribution in [3.05, 3.63) is 23.2 Å². The fraction of sp³-hybridized carbons (Fsp3) is 0.571. The van der Waals surface area contributed by atoms with E-state index in [1.54, 1.807) is 19.9 Å². The van der Waals surface area contributed by atoms with Crippen molar-refractivity contribution in [1.29, 1.82) is 0 Å². The SMILES string of the molecule is CC(=O)N1CCCN(Cc2cc(C)c(C(=O)O)o2)CC1.